The standard InChI is InChI=1S/C16H23NO2/c1-12(18)9-10-17(2)16(19)11-14-8-7-13-5-3-4-6-15(13)14/h3-6,12,14,18H,7-11H2,1-2H3. The summed E-state index contributed by atoms with van der Waals surface area (Å²) in [5.41, 5.74) is 2.74. The zero-order chi connectivity index (χ0) is 13.8. The Morgan fingerprint density at radius 2 is 2.21 bits per heavy atom. The maximum Gasteiger partial charge on any atom is 0.222 e. The van der Waals surface area contributed by atoms with Crippen LogP contribution in [0.3, 0.4) is 0 Å². The van der Waals surface area contributed by atoms with Gasteiger partial charge in [-0.15, -0.1) is 0 Å². The molecule has 1 N–H and O–H groups in total. The Labute approximate surface area is 115 Å². The molecule has 0 spiro atoms. The third-order valence-electron chi connectivity index (χ3n) is 3.99. The van der Waals surface area contributed by atoms with Crippen LogP contribution in [0.15, 0.2) is 24.3 Å². The molecular weight excluding hydrogens is 238 g/mol. The minimum atomic E-state index is -0.345. The van der Waals surface area contributed by atoms with Crippen molar-refractivity contribution in [1.82, 2.24) is 4.90 Å². The number of hydrogen-bond acceptors (Lipinski definition) is 2. The van der Waals surface area contributed by atoms with Gasteiger partial charge >= 0.3 is 0 Å². The lowest BCUT2D eigenvalue weighted by atomic mass is 9.97. The maximum absolute atomic E-state index is 12.2. The number of aliphatic hydroxyl groups is 1. The van der Waals surface area contributed by atoms with E-state index in [0.717, 1.165) is 12.8 Å². The monoisotopic (exact) mass is 261 g/mol. The zero-order valence-electron chi connectivity index (χ0n) is 11.8. The van der Waals surface area contributed by atoms with Crippen LogP contribution in [0.4, 0.5) is 0 Å². The lowest BCUT2D eigenvalue weighted by Gasteiger charge is -2.20. The Hall–Kier alpha value is -1.35. The molecule has 1 aromatic rings. The highest BCUT2D eigenvalue weighted by atomic mass is 16.3. The smallest absolute Gasteiger partial charge is 0.222 e. The van der Waals surface area contributed by atoms with Gasteiger partial charge in [-0.05, 0) is 43.2 Å². The van der Waals surface area contributed by atoms with E-state index in [1.54, 1.807) is 11.8 Å². The first-order chi connectivity index (χ1) is 9.08. The summed E-state index contributed by atoms with van der Waals surface area (Å²) in [7, 11) is 1.82. The van der Waals surface area contributed by atoms with E-state index in [2.05, 4.69) is 24.3 Å². The molecule has 0 saturated heterocycles. The highest BCUT2D eigenvalue weighted by Gasteiger charge is 2.25. The highest BCUT2D eigenvalue weighted by Crippen LogP contribution is 2.35. The average Bonchev–Trinajstić information content (AvgIpc) is 2.79. The Morgan fingerprint density at radius 1 is 1.47 bits per heavy atom. The summed E-state index contributed by atoms with van der Waals surface area (Å²) >= 11 is 0. The number of benzene rings is 1. The Kier molecular flexibility index (Phi) is 4.59. The fourth-order valence-electron chi connectivity index (χ4n) is 2.73. The van der Waals surface area contributed by atoms with Gasteiger partial charge in [-0.25, -0.2) is 0 Å². The molecule has 0 radical (unpaired) electrons. The van der Waals surface area contributed by atoms with Crippen molar-refractivity contribution in [3.8, 4) is 0 Å². The third-order valence-corrected chi connectivity index (χ3v) is 3.99. The van der Waals surface area contributed by atoms with E-state index < -0.39 is 0 Å². The van der Waals surface area contributed by atoms with Gasteiger partial charge in [0.2, 0.25) is 5.91 Å². The lowest BCUT2D eigenvalue weighted by molar-refractivity contribution is -0.130. The minimum absolute atomic E-state index is 0.183. The van der Waals surface area contributed by atoms with Crippen LogP contribution in [-0.2, 0) is 11.2 Å². The molecule has 0 saturated carbocycles. The van der Waals surface area contributed by atoms with E-state index in [4.69, 9.17) is 0 Å². The van der Waals surface area contributed by atoms with Crippen molar-refractivity contribution in [2.45, 2.75) is 44.6 Å². The number of aryl methyl sites for hydroxylation is 1. The van der Waals surface area contributed by atoms with Gasteiger partial charge in [-0.3, -0.25) is 4.79 Å². The molecule has 1 aliphatic rings. The van der Waals surface area contributed by atoms with Gasteiger partial charge in [-0.1, -0.05) is 24.3 Å². The van der Waals surface area contributed by atoms with Crippen molar-refractivity contribution in [2.75, 3.05) is 13.6 Å². The highest BCUT2D eigenvalue weighted by molar-refractivity contribution is 5.77. The molecule has 0 fully saturated rings. The first-order valence-corrected chi connectivity index (χ1v) is 7.07. The Balaban J connectivity index is 1.90. The second kappa shape index (κ2) is 6.20. The number of aliphatic hydroxyl groups excluding tert-OH is 1. The molecule has 104 valence electrons. The van der Waals surface area contributed by atoms with Gasteiger partial charge < -0.3 is 10.0 Å². The number of carbonyl (C=O) groups is 1. The second-order valence-corrected chi connectivity index (χ2v) is 5.59. The van der Waals surface area contributed by atoms with Crippen molar-refractivity contribution < 1.29 is 9.90 Å². The first-order valence-electron chi connectivity index (χ1n) is 7.07. The van der Waals surface area contributed by atoms with Crippen LogP contribution < -0.4 is 0 Å². The summed E-state index contributed by atoms with van der Waals surface area (Å²) in [4.78, 5) is 13.9. The normalized spacial score (nSPS) is 19.0. The average molecular weight is 261 g/mol. The third kappa shape index (κ3) is 3.57. The molecule has 0 heterocycles. The summed E-state index contributed by atoms with van der Waals surface area (Å²) in [5.74, 6) is 0.556. The number of fused-ring (bicyclic) bond motifs is 1. The van der Waals surface area contributed by atoms with Gasteiger partial charge in [-0.2, -0.15) is 0 Å². The molecule has 2 atom stereocenters. The molecule has 2 unspecified atom stereocenters. The fourth-order valence-corrected chi connectivity index (χ4v) is 2.73. The van der Waals surface area contributed by atoms with Gasteiger partial charge in [0.1, 0.15) is 0 Å². The van der Waals surface area contributed by atoms with Gasteiger partial charge in [0.25, 0.3) is 0 Å². The van der Waals surface area contributed by atoms with E-state index in [1.807, 2.05) is 7.05 Å². The van der Waals surface area contributed by atoms with Crippen molar-refractivity contribution in [3.63, 3.8) is 0 Å². The van der Waals surface area contributed by atoms with E-state index in [0.29, 0.717) is 25.3 Å². The number of amides is 1. The van der Waals surface area contributed by atoms with Gasteiger partial charge in [0.15, 0.2) is 0 Å². The Bertz CT molecular complexity index is 442. The van der Waals surface area contributed by atoms with E-state index in [1.165, 1.54) is 11.1 Å². The SMILES string of the molecule is CC(O)CCN(C)C(=O)CC1CCc2ccccc21. The molecule has 0 bridgehead atoms. The summed E-state index contributed by atoms with van der Waals surface area (Å²) in [6.07, 6.45) is 3.06. The summed E-state index contributed by atoms with van der Waals surface area (Å²) in [5, 5.41) is 9.26. The van der Waals surface area contributed by atoms with Gasteiger partial charge in [0, 0.05) is 20.0 Å². The van der Waals surface area contributed by atoms with Gasteiger partial charge in [0.05, 0.1) is 6.10 Å². The molecule has 1 amide bonds. The number of hydrogen-bond donors (Lipinski definition) is 1. The Morgan fingerprint density at radius 3 is 2.95 bits per heavy atom. The minimum Gasteiger partial charge on any atom is -0.393 e. The molecule has 19 heavy (non-hydrogen) atoms. The van der Waals surface area contributed by atoms with Crippen molar-refractivity contribution in [3.05, 3.63) is 35.4 Å². The predicted octanol–water partition coefficient (Wildman–Crippen LogP) is 2.34. The van der Waals surface area contributed by atoms with Crippen LogP contribution >= 0.6 is 0 Å². The van der Waals surface area contributed by atoms with Crippen molar-refractivity contribution >= 4 is 5.91 Å². The predicted molar refractivity (Wildman–Crippen MR) is 76.1 cm³/mol. The maximum atomic E-state index is 12.2. The molecule has 3 nitrogen and oxygen atoms in total. The lowest BCUT2D eigenvalue weighted by Crippen LogP contribution is -2.30. The number of carbonyl (C=O) groups excluding carboxylic acids is 1. The zero-order valence-corrected chi connectivity index (χ0v) is 11.8. The quantitative estimate of drug-likeness (QED) is 0.883. The number of nitrogens with zero attached hydrogens (tertiary/aromatic N) is 1. The van der Waals surface area contributed by atoms with Crippen LogP contribution in [0.1, 0.15) is 43.2 Å². The fraction of sp³-hybridized carbons (Fsp3) is 0.562. The van der Waals surface area contributed by atoms with Crippen molar-refractivity contribution in [1.29, 1.82) is 0 Å². The van der Waals surface area contributed by atoms with Crippen LogP contribution in [0, 0.1) is 0 Å². The molecule has 3 heteroatoms. The van der Waals surface area contributed by atoms with E-state index >= 15 is 0 Å². The molecule has 0 aromatic heterocycles. The van der Waals surface area contributed by atoms with Crippen LogP contribution in [0.5, 0.6) is 0 Å². The van der Waals surface area contributed by atoms with E-state index in [9.17, 15) is 9.90 Å². The molecular formula is C16H23NO2. The molecule has 0 aliphatic heterocycles. The summed E-state index contributed by atoms with van der Waals surface area (Å²) < 4.78 is 0. The van der Waals surface area contributed by atoms with Crippen molar-refractivity contribution in [2.24, 2.45) is 0 Å². The van der Waals surface area contributed by atoms with Crippen LogP contribution in [-0.4, -0.2) is 35.6 Å². The molecule has 1 aliphatic carbocycles. The topological polar surface area (TPSA) is 40.5 Å². The van der Waals surface area contributed by atoms with E-state index in [-0.39, 0.29) is 12.0 Å². The van der Waals surface area contributed by atoms with Crippen LogP contribution in [0.25, 0.3) is 0 Å². The molecule has 2 rings (SSSR count). The second-order valence-electron chi connectivity index (χ2n) is 5.59. The first kappa shape index (κ1) is 14.1. The number of rotatable bonds is 5. The summed E-state index contributed by atoms with van der Waals surface area (Å²) in [6.45, 7) is 2.39. The van der Waals surface area contributed by atoms with Crippen LogP contribution in [0.2, 0.25) is 0 Å². The molecule has 1 aromatic carbocycles. The largest absolute Gasteiger partial charge is 0.393 e. The summed E-state index contributed by atoms with van der Waals surface area (Å²) in [6, 6.07) is 8.43.